The molecule has 0 bridgehead atoms. The summed E-state index contributed by atoms with van der Waals surface area (Å²) in [5.41, 5.74) is 2.41. The van der Waals surface area contributed by atoms with Crippen molar-refractivity contribution >= 4 is 22.5 Å². The third-order valence-electron chi connectivity index (χ3n) is 4.29. The molecule has 1 aromatic heterocycles. The van der Waals surface area contributed by atoms with Gasteiger partial charge in [-0.25, -0.2) is 0 Å². The van der Waals surface area contributed by atoms with Crippen LogP contribution in [0.25, 0.3) is 10.9 Å². The molecule has 2 heterocycles. The Balaban J connectivity index is 1.71. The predicted octanol–water partition coefficient (Wildman–Crippen LogP) is 2.32. The van der Waals surface area contributed by atoms with Gasteiger partial charge in [-0.15, -0.1) is 11.6 Å². The molecule has 1 aliphatic rings. The summed E-state index contributed by atoms with van der Waals surface area (Å²) in [6.45, 7) is 6.45. The summed E-state index contributed by atoms with van der Waals surface area (Å²) in [5, 5.41) is 5.99. The molecular weight excluding hydrogens is 284 g/mol. The van der Waals surface area contributed by atoms with Crippen LogP contribution in [0.4, 0.5) is 0 Å². The van der Waals surface area contributed by atoms with Crippen LogP contribution in [0.2, 0.25) is 0 Å². The van der Waals surface area contributed by atoms with Crippen LogP contribution in [0.15, 0.2) is 24.3 Å². The van der Waals surface area contributed by atoms with Gasteiger partial charge in [0.25, 0.3) is 0 Å². The zero-order valence-electron chi connectivity index (χ0n) is 12.6. The molecule has 2 aromatic rings. The molecule has 1 saturated heterocycles. The van der Waals surface area contributed by atoms with Crippen molar-refractivity contribution in [1.29, 1.82) is 0 Å². The molecule has 0 amide bonds. The zero-order chi connectivity index (χ0) is 14.7. The van der Waals surface area contributed by atoms with E-state index in [0.717, 1.165) is 45.1 Å². The van der Waals surface area contributed by atoms with Crippen LogP contribution in [0.1, 0.15) is 12.1 Å². The largest absolute Gasteiger partial charge is 0.301 e. The van der Waals surface area contributed by atoms with Crippen LogP contribution < -0.4 is 0 Å². The highest BCUT2D eigenvalue weighted by Gasteiger charge is 2.17. The van der Waals surface area contributed by atoms with Crippen molar-refractivity contribution in [2.45, 2.75) is 13.0 Å². The predicted molar refractivity (Wildman–Crippen MR) is 87.8 cm³/mol. The molecule has 0 atom stereocenters. The van der Waals surface area contributed by atoms with E-state index in [2.05, 4.69) is 34.1 Å². The Morgan fingerprint density at radius 3 is 2.71 bits per heavy atom. The number of aryl methyl sites for hydroxylation is 1. The molecule has 1 aromatic carbocycles. The fourth-order valence-corrected chi connectivity index (χ4v) is 3.38. The number of para-hydroxylation sites is 1. The number of rotatable bonds is 4. The van der Waals surface area contributed by atoms with Gasteiger partial charge < -0.3 is 4.90 Å². The highest BCUT2D eigenvalue weighted by Crippen LogP contribution is 2.19. The quantitative estimate of drug-likeness (QED) is 0.810. The number of hydrogen-bond acceptors (Lipinski definition) is 3. The number of fused-ring (bicyclic) bond motifs is 1. The van der Waals surface area contributed by atoms with Crippen molar-refractivity contribution in [3.63, 3.8) is 0 Å². The van der Waals surface area contributed by atoms with Crippen molar-refractivity contribution in [3.8, 4) is 0 Å². The minimum absolute atomic E-state index is 0.727. The summed E-state index contributed by atoms with van der Waals surface area (Å²) in [7, 11) is 2.02. The minimum Gasteiger partial charge on any atom is -0.301 e. The van der Waals surface area contributed by atoms with Gasteiger partial charge in [0.05, 0.1) is 11.2 Å². The Hall–Kier alpha value is -1.10. The number of alkyl halides is 1. The Bertz CT molecular complexity index is 595. The monoisotopic (exact) mass is 306 g/mol. The van der Waals surface area contributed by atoms with E-state index in [0.29, 0.717) is 0 Å². The van der Waals surface area contributed by atoms with Gasteiger partial charge in [0.15, 0.2) is 0 Å². The molecule has 0 saturated carbocycles. The zero-order valence-corrected chi connectivity index (χ0v) is 13.4. The minimum atomic E-state index is 0.727. The van der Waals surface area contributed by atoms with E-state index < -0.39 is 0 Å². The van der Waals surface area contributed by atoms with Crippen LogP contribution >= 0.6 is 11.6 Å². The number of benzene rings is 1. The number of hydrogen-bond donors (Lipinski definition) is 0. The lowest BCUT2D eigenvalue weighted by Gasteiger charge is -2.20. The SMILES string of the molecule is Cn1nc(CN2CCCN(CCCl)CC2)c2ccccc21. The van der Waals surface area contributed by atoms with Crippen LogP contribution in [0.3, 0.4) is 0 Å². The lowest BCUT2D eigenvalue weighted by atomic mass is 10.2. The van der Waals surface area contributed by atoms with E-state index >= 15 is 0 Å². The normalized spacial score (nSPS) is 18.2. The van der Waals surface area contributed by atoms with Crippen LogP contribution in [0.5, 0.6) is 0 Å². The van der Waals surface area contributed by atoms with E-state index in [1.54, 1.807) is 0 Å². The summed E-state index contributed by atoms with van der Waals surface area (Å²) in [6, 6.07) is 8.48. The van der Waals surface area contributed by atoms with E-state index in [1.165, 1.54) is 23.0 Å². The number of halogens is 1. The van der Waals surface area contributed by atoms with E-state index in [4.69, 9.17) is 16.7 Å². The van der Waals surface area contributed by atoms with Crippen LogP contribution in [-0.2, 0) is 13.6 Å². The summed E-state index contributed by atoms with van der Waals surface area (Å²) in [5.74, 6) is 0.727. The second-order valence-corrected chi connectivity index (χ2v) is 6.13. The lowest BCUT2D eigenvalue weighted by Crippen LogP contribution is -2.31. The van der Waals surface area contributed by atoms with Crippen molar-refractivity contribution in [3.05, 3.63) is 30.0 Å². The first-order chi connectivity index (χ1) is 10.3. The molecule has 114 valence electrons. The lowest BCUT2D eigenvalue weighted by molar-refractivity contribution is 0.256. The molecule has 1 fully saturated rings. The van der Waals surface area contributed by atoms with Gasteiger partial charge in [-0.05, 0) is 25.6 Å². The standard InChI is InChI=1S/C16H23ClN4/c1-19-16-6-3-2-5-14(16)15(18-19)13-21-9-4-8-20(10-7-17)11-12-21/h2-3,5-6H,4,7-13H2,1H3. The summed E-state index contributed by atoms with van der Waals surface area (Å²) >= 11 is 5.85. The highest BCUT2D eigenvalue weighted by atomic mass is 35.5. The topological polar surface area (TPSA) is 24.3 Å². The molecule has 21 heavy (non-hydrogen) atoms. The van der Waals surface area contributed by atoms with Gasteiger partial charge in [-0.2, -0.15) is 5.10 Å². The maximum atomic E-state index is 5.85. The Labute approximate surface area is 131 Å². The Morgan fingerprint density at radius 2 is 1.86 bits per heavy atom. The molecule has 0 N–H and O–H groups in total. The van der Waals surface area contributed by atoms with Crippen molar-refractivity contribution in [1.82, 2.24) is 19.6 Å². The molecule has 0 aliphatic carbocycles. The first kappa shape index (κ1) is 14.8. The van der Waals surface area contributed by atoms with Crippen molar-refractivity contribution in [2.75, 3.05) is 38.6 Å². The third kappa shape index (κ3) is 3.39. The maximum absolute atomic E-state index is 5.85. The van der Waals surface area contributed by atoms with E-state index in [-0.39, 0.29) is 0 Å². The van der Waals surface area contributed by atoms with Crippen molar-refractivity contribution < 1.29 is 0 Å². The van der Waals surface area contributed by atoms with Gasteiger partial charge in [0, 0.05) is 44.5 Å². The number of aromatic nitrogens is 2. The smallest absolute Gasteiger partial charge is 0.0843 e. The molecule has 3 rings (SSSR count). The summed E-state index contributed by atoms with van der Waals surface area (Å²) < 4.78 is 1.99. The fourth-order valence-electron chi connectivity index (χ4n) is 3.14. The molecule has 0 radical (unpaired) electrons. The molecular formula is C16H23ClN4. The second kappa shape index (κ2) is 6.77. The molecule has 5 heteroatoms. The molecule has 4 nitrogen and oxygen atoms in total. The highest BCUT2D eigenvalue weighted by molar-refractivity contribution is 6.18. The van der Waals surface area contributed by atoms with Crippen LogP contribution in [-0.4, -0.2) is 58.2 Å². The van der Waals surface area contributed by atoms with Crippen LogP contribution in [0, 0.1) is 0 Å². The number of nitrogens with zero attached hydrogens (tertiary/aromatic N) is 4. The first-order valence-corrected chi connectivity index (χ1v) is 8.22. The van der Waals surface area contributed by atoms with E-state index in [9.17, 15) is 0 Å². The van der Waals surface area contributed by atoms with Gasteiger partial charge in [0.1, 0.15) is 0 Å². The molecule has 1 aliphatic heterocycles. The Morgan fingerprint density at radius 1 is 1.10 bits per heavy atom. The summed E-state index contributed by atoms with van der Waals surface area (Å²) in [6.07, 6.45) is 1.21. The van der Waals surface area contributed by atoms with Gasteiger partial charge >= 0.3 is 0 Å². The van der Waals surface area contributed by atoms with Gasteiger partial charge in [-0.3, -0.25) is 9.58 Å². The second-order valence-electron chi connectivity index (χ2n) is 5.75. The average molecular weight is 307 g/mol. The first-order valence-electron chi connectivity index (χ1n) is 7.69. The van der Waals surface area contributed by atoms with Gasteiger partial charge in [0.2, 0.25) is 0 Å². The average Bonchev–Trinajstić information content (AvgIpc) is 2.67. The fraction of sp³-hybridized carbons (Fsp3) is 0.562. The summed E-state index contributed by atoms with van der Waals surface area (Å²) in [4.78, 5) is 4.98. The maximum Gasteiger partial charge on any atom is 0.0843 e. The molecule has 0 spiro atoms. The Kier molecular flexibility index (Phi) is 4.78. The van der Waals surface area contributed by atoms with Gasteiger partial charge in [-0.1, -0.05) is 18.2 Å². The third-order valence-corrected chi connectivity index (χ3v) is 4.46. The van der Waals surface area contributed by atoms with E-state index in [1.807, 2.05) is 11.7 Å². The van der Waals surface area contributed by atoms with Crippen molar-refractivity contribution in [2.24, 2.45) is 7.05 Å². The molecule has 0 unspecified atom stereocenters.